The Bertz CT molecular complexity index is 720. The van der Waals surface area contributed by atoms with Crippen LogP contribution in [0, 0.1) is 5.82 Å². The normalized spacial score (nSPS) is 16.5. The van der Waals surface area contributed by atoms with Crippen LogP contribution in [0.1, 0.15) is 12.5 Å². The lowest BCUT2D eigenvalue weighted by molar-refractivity contribution is -0.120. The highest BCUT2D eigenvalue weighted by Gasteiger charge is 2.30. The van der Waals surface area contributed by atoms with E-state index in [-0.39, 0.29) is 23.6 Å². The van der Waals surface area contributed by atoms with E-state index in [1.807, 2.05) is 31.2 Å². The third kappa shape index (κ3) is 2.79. The van der Waals surface area contributed by atoms with Crippen LogP contribution < -0.4 is 9.64 Å². The Morgan fingerprint density at radius 3 is 2.91 bits per heavy atom. The van der Waals surface area contributed by atoms with E-state index in [4.69, 9.17) is 16.3 Å². The van der Waals surface area contributed by atoms with Crippen molar-refractivity contribution >= 4 is 23.2 Å². The number of nitrogens with zero attached hydrogens (tertiary/aromatic N) is 1. The second kappa shape index (κ2) is 5.97. The lowest BCUT2D eigenvalue weighted by Gasteiger charge is -2.22. The van der Waals surface area contributed by atoms with Gasteiger partial charge in [-0.15, -0.1) is 0 Å². The van der Waals surface area contributed by atoms with E-state index in [0.29, 0.717) is 5.75 Å². The second-order valence-corrected chi connectivity index (χ2v) is 5.72. The van der Waals surface area contributed by atoms with Crippen molar-refractivity contribution in [2.75, 3.05) is 11.5 Å². The third-order valence-electron chi connectivity index (χ3n) is 3.72. The predicted octanol–water partition coefficient (Wildman–Crippen LogP) is 3.84. The molecule has 5 heteroatoms. The molecule has 1 aliphatic rings. The number of hydrogen-bond acceptors (Lipinski definition) is 2. The number of anilines is 1. The van der Waals surface area contributed by atoms with Crippen LogP contribution in [0.3, 0.4) is 0 Å². The van der Waals surface area contributed by atoms with Crippen LogP contribution in [-0.4, -0.2) is 18.6 Å². The van der Waals surface area contributed by atoms with Gasteiger partial charge in [-0.05, 0) is 43.2 Å². The first-order chi connectivity index (χ1) is 10.6. The fourth-order valence-corrected chi connectivity index (χ4v) is 2.97. The summed E-state index contributed by atoms with van der Waals surface area (Å²) in [5, 5.41) is 0.155. The van der Waals surface area contributed by atoms with Crippen molar-refractivity contribution in [3.05, 3.63) is 58.9 Å². The molecule has 0 unspecified atom stereocenters. The quantitative estimate of drug-likeness (QED) is 0.860. The number of para-hydroxylation sites is 1. The number of benzene rings is 2. The van der Waals surface area contributed by atoms with Gasteiger partial charge in [0, 0.05) is 11.7 Å². The molecule has 1 heterocycles. The number of ether oxygens (including phenoxy) is 1. The summed E-state index contributed by atoms with van der Waals surface area (Å²) in [6.07, 6.45) is 0.833. The first kappa shape index (κ1) is 14.9. The first-order valence-corrected chi connectivity index (χ1v) is 7.42. The molecule has 1 atom stereocenters. The number of carbonyl (C=O) groups is 1. The Labute approximate surface area is 133 Å². The summed E-state index contributed by atoms with van der Waals surface area (Å²) in [5.41, 5.74) is 2.08. The summed E-state index contributed by atoms with van der Waals surface area (Å²) in [6, 6.07) is 11.8. The van der Waals surface area contributed by atoms with Gasteiger partial charge in [0.1, 0.15) is 11.6 Å². The van der Waals surface area contributed by atoms with E-state index >= 15 is 0 Å². The van der Waals surface area contributed by atoms with Gasteiger partial charge in [0.25, 0.3) is 5.91 Å². The average Bonchev–Trinajstić information content (AvgIpc) is 2.82. The fourth-order valence-electron chi connectivity index (χ4n) is 2.75. The highest BCUT2D eigenvalue weighted by Crippen LogP contribution is 2.32. The average molecular weight is 320 g/mol. The van der Waals surface area contributed by atoms with Crippen LogP contribution in [0.2, 0.25) is 5.02 Å². The summed E-state index contributed by atoms with van der Waals surface area (Å²) in [4.78, 5) is 14.2. The highest BCUT2D eigenvalue weighted by molar-refractivity contribution is 6.32. The van der Waals surface area contributed by atoms with Gasteiger partial charge in [-0.1, -0.05) is 29.8 Å². The highest BCUT2D eigenvalue weighted by atomic mass is 35.5. The maximum atomic E-state index is 13.0. The van der Waals surface area contributed by atoms with E-state index in [9.17, 15) is 9.18 Å². The van der Waals surface area contributed by atoms with E-state index in [1.165, 1.54) is 12.1 Å². The zero-order chi connectivity index (χ0) is 15.7. The van der Waals surface area contributed by atoms with Gasteiger partial charge in [-0.2, -0.15) is 0 Å². The molecule has 0 aromatic heterocycles. The number of hydrogen-bond donors (Lipinski definition) is 0. The molecule has 2 aromatic rings. The van der Waals surface area contributed by atoms with Crippen LogP contribution >= 0.6 is 11.6 Å². The van der Waals surface area contributed by atoms with Gasteiger partial charge in [0.05, 0.1) is 5.02 Å². The number of fused-ring (bicyclic) bond motifs is 1. The molecule has 0 spiro atoms. The van der Waals surface area contributed by atoms with Crippen LogP contribution in [-0.2, 0) is 11.2 Å². The van der Waals surface area contributed by atoms with Crippen LogP contribution in [0.4, 0.5) is 10.1 Å². The van der Waals surface area contributed by atoms with Crippen molar-refractivity contribution in [2.45, 2.75) is 19.4 Å². The standard InChI is InChI=1S/C17H15ClFNO2/c1-11-8-12-4-2-3-5-15(12)20(11)17(21)10-22-16-7-6-13(19)9-14(16)18/h2-7,9,11H,8,10H2,1H3/t11-/m1/s1. The maximum Gasteiger partial charge on any atom is 0.265 e. The molecule has 3 rings (SSSR count). The number of rotatable bonds is 3. The van der Waals surface area contributed by atoms with Gasteiger partial charge < -0.3 is 9.64 Å². The molecule has 114 valence electrons. The molecule has 22 heavy (non-hydrogen) atoms. The molecule has 0 radical (unpaired) electrons. The summed E-state index contributed by atoms with van der Waals surface area (Å²) < 4.78 is 18.4. The number of halogens is 2. The Morgan fingerprint density at radius 2 is 2.14 bits per heavy atom. The minimum Gasteiger partial charge on any atom is -0.482 e. The summed E-state index contributed by atoms with van der Waals surface area (Å²) in [6.45, 7) is 1.87. The molecular formula is C17H15ClFNO2. The molecule has 3 nitrogen and oxygen atoms in total. The number of carbonyl (C=O) groups excluding carboxylic acids is 1. The summed E-state index contributed by atoms with van der Waals surface area (Å²) >= 11 is 5.89. The van der Waals surface area contributed by atoms with Crippen LogP contribution in [0.25, 0.3) is 0 Å². The van der Waals surface area contributed by atoms with Gasteiger partial charge in [-0.25, -0.2) is 4.39 Å². The van der Waals surface area contributed by atoms with Crippen molar-refractivity contribution < 1.29 is 13.9 Å². The van der Waals surface area contributed by atoms with Crippen molar-refractivity contribution in [1.29, 1.82) is 0 Å². The second-order valence-electron chi connectivity index (χ2n) is 5.31. The van der Waals surface area contributed by atoms with Crippen LogP contribution in [0.5, 0.6) is 5.75 Å². The minimum atomic E-state index is -0.439. The largest absolute Gasteiger partial charge is 0.482 e. The van der Waals surface area contributed by atoms with E-state index in [1.54, 1.807) is 4.90 Å². The summed E-state index contributed by atoms with van der Waals surface area (Å²) in [5.74, 6) is -0.278. The molecule has 0 aliphatic carbocycles. The molecule has 0 N–H and O–H groups in total. The van der Waals surface area contributed by atoms with E-state index in [0.717, 1.165) is 23.7 Å². The Hall–Kier alpha value is -2.07. The Kier molecular flexibility index (Phi) is 4.03. The Morgan fingerprint density at radius 1 is 1.36 bits per heavy atom. The van der Waals surface area contributed by atoms with E-state index in [2.05, 4.69) is 0 Å². The lowest BCUT2D eigenvalue weighted by Crippen LogP contribution is -2.39. The monoisotopic (exact) mass is 319 g/mol. The molecular weight excluding hydrogens is 305 g/mol. The topological polar surface area (TPSA) is 29.5 Å². The predicted molar refractivity (Wildman–Crippen MR) is 84.0 cm³/mol. The molecule has 1 amide bonds. The Balaban J connectivity index is 1.72. The molecule has 0 saturated carbocycles. The molecule has 2 aromatic carbocycles. The zero-order valence-electron chi connectivity index (χ0n) is 12.1. The summed E-state index contributed by atoms with van der Waals surface area (Å²) in [7, 11) is 0. The van der Waals surface area contributed by atoms with Gasteiger partial charge in [0.15, 0.2) is 6.61 Å². The van der Waals surface area contributed by atoms with E-state index < -0.39 is 5.82 Å². The molecule has 0 saturated heterocycles. The third-order valence-corrected chi connectivity index (χ3v) is 4.02. The van der Waals surface area contributed by atoms with Crippen molar-refractivity contribution in [2.24, 2.45) is 0 Å². The lowest BCUT2D eigenvalue weighted by atomic mass is 10.1. The van der Waals surface area contributed by atoms with Gasteiger partial charge in [-0.3, -0.25) is 4.79 Å². The molecule has 0 bridgehead atoms. The number of amides is 1. The first-order valence-electron chi connectivity index (χ1n) is 7.04. The molecule has 0 fully saturated rings. The molecule has 1 aliphatic heterocycles. The minimum absolute atomic E-state index is 0.0946. The van der Waals surface area contributed by atoms with Crippen molar-refractivity contribution in [3.63, 3.8) is 0 Å². The SMILES string of the molecule is C[C@@H]1Cc2ccccc2N1C(=O)COc1ccc(F)cc1Cl. The fraction of sp³-hybridized carbons (Fsp3) is 0.235. The van der Waals surface area contributed by atoms with Crippen LogP contribution in [0.15, 0.2) is 42.5 Å². The smallest absolute Gasteiger partial charge is 0.265 e. The zero-order valence-corrected chi connectivity index (χ0v) is 12.8. The van der Waals surface area contributed by atoms with Crippen molar-refractivity contribution in [3.8, 4) is 5.75 Å². The maximum absolute atomic E-state index is 13.0. The van der Waals surface area contributed by atoms with Gasteiger partial charge in [0.2, 0.25) is 0 Å². The van der Waals surface area contributed by atoms with Crippen molar-refractivity contribution in [1.82, 2.24) is 0 Å². The van der Waals surface area contributed by atoms with Gasteiger partial charge >= 0.3 is 0 Å².